The molecule has 0 spiro atoms. The second kappa shape index (κ2) is 9.38. The van der Waals surface area contributed by atoms with Crippen molar-refractivity contribution in [2.75, 3.05) is 19.1 Å². The molecule has 0 saturated carbocycles. The van der Waals surface area contributed by atoms with Crippen LogP contribution in [0, 0.1) is 22.7 Å². The van der Waals surface area contributed by atoms with Gasteiger partial charge in [-0.15, -0.1) is 0 Å². The Labute approximate surface area is 200 Å². The summed E-state index contributed by atoms with van der Waals surface area (Å²) >= 11 is 0. The summed E-state index contributed by atoms with van der Waals surface area (Å²) in [6, 6.07) is 19.5. The number of nitrogens with two attached hydrogens (primary N) is 1. The number of fused-ring (bicyclic) bond motifs is 1. The standard InChI is InChI=1S/C26H19N5O4/c1-34-25(32)22-21(15-7-4-3-5-8-15)18(14-28)24(29)31(23(22)26(33)35-2)20-11-10-19-16(17(20)13-27)9-6-12-30-19/h3-12,21H,29H2,1-2H3. The molecule has 9 nitrogen and oxygen atoms in total. The van der Waals surface area contributed by atoms with Gasteiger partial charge in [0.15, 0.2) is 0 Å². The zero-order chi connectivity index (χ0) is 25.1. The third-order valence-electron chi connectivity index (χ3n) is 5.73. The molecule has 0 bridgehead atoms. The third-order valence-corrected chi connectivity index (χ3v) is 5.73. The normalized spacial score (nSPS) is 15.4. The first kappa shape index (κ1) is 23.0. The largest absolute Gasteiger partial charge is 0.466 e. The fourth-order valence-corrected chi connectivity index (χ4v) is 4.21. The molecule has 1 aliphatic heterocycles. The van der Waals surface area contributed by atoms with Crippen LogP contribution in [0.3, 0.4) is 0 Å². The van der Waals surface area contributed by atoms with Crippen LogP contribution in [0.4, 0.5) is 5.69 Å². The van der Waals surface area contributed by atoms with E-state index >= 15 is 0 Å². The fraction of sp³-hybridized carbons (Fsp3) is 0.115. The number of carbonyl (C=O) groups is 2. The maximum Gasteiger partial charge on any atom is 0.355 e. The van der Waals surface area contributed by atoms with Gasteiger partial charge >= 0.3 is 11.9 Å². The van der Waals surface area contributed by atoms with Crippen molar-refractivity contribution in [3.05, 3.63) is 94.6 Å². The minimum atomic E-state index is -0.994. The first-order valence-corrected chi connectivity index (χ1v) is 10.4. The lowest BCUT2D eigenvalue weighted by atomic mass is 9.80. The molecule has 1 aliphatic rings. The molecule has 2 heterocycles. The Morgan fingerprint density at radius 1 is 0.971 bits per heavy atom. The number of allylic oxidation sites excluding steroid dienone is 1. The van der Waals surface area contributed by atoms with Crippen LogP contribution in [0.15, 0.2) is 83.5 Å². The van der Waals surface area contributed by atoms with E-state index in [2.05, 4.69) is 17.1 Å². The summed E-state index contributed by atoms with van der Waals surface area (Å²) in [4.78, 5) is 31.8. The fourth-order valence-electron chi connectivity index (χ4n) is 4.21. The molecular formula is C26H19N5O4. The van der Waals surface area contributed by atoms with E-state index in [-0.39, 0.29) is 33.9 Å². The number of rotatable bonds is 4. The SMILES string of the molecule is COC(=O)C1=C(C(=O)OC)N(c2ccc3ncccc3c2C#N)C(N)=C(C#N)C1c1ccccc1. The molecule has 2 N–H and O–H groups in total. The topological polar surface area (TPSA) is 142 Å². The highest BCUT2D eigenvalue weighted by molar-refractivity contribution is 6.07. The molecule has 1 unspecified atom stereocenters. The molecule has 0 aliphatic carbocycles. The summed E-state index contributed by atoms with van der Waals surface area (Å²) in [6.45, 7) is 0. The Kier molecular flexibility index (Phi) is 6.17. The average molecular weight is 465 g/mol. The zero-order valence-electron chi connectivity index (χ0n) is 18.9. The molecule has 2 aromatic carbocycles. The van der Waals surface area contributed by atoms with Crippen LogP contribution in [0.5, 0.6) is 0 Å². The number of hydrogen-bond donors (Lipinski definition) is 1. The molecule has 0 amide bonds. The van der Waals surface area contributed by atoms with E-state index in [1.807, 2.05) is 0 Å². The van der Waals surface area contributed by atoms with Crippen molar-refractivity contribution in [2.45, 2.75) is 5.92 Å². The number of esters is 2. The van der Waals surface area contributed by atoms with Crippen LogP contribution in [0.1, 0.15) is 17.0 Å². The van der Waals surface area contributed by atoms with Gasteiger partial charge in [0.25, 0.3) is 0 Å². The molecule has 3 aromatic rings. The number of aromatic nitrogens is 1. The second-order valence-corrected chi connectivity index (χ2v) is 7.48. The van der Waals surface area contributed by atoms with Gasteiger partial charge in [0.1, 0.15) is 17.6 Å². The predicted octanol–water partition coefficient (Wildman–Crippen LogP) is 3.00. The van der Waals surface area contributed by atoms with Crippen molar-refractivity contribution < 1.29 is 19.1 Å². The van der Waals surface area contributed by atoms with E-state index in [4.69, 9.17) is 15.2 Å². The quantitative estimate of drug-likeness (QED) is 0.575. The minimum absolute atomic E-state index is 0.0134. The van der Waals surface area contributed by atoms with Crippen molar-refractivity contribution in [1.29, 1.82) is 10.5 Å². The van der Waals surface area contributed by atoms with Crippen molar-refractivity contribution in [1.82, 2.24) is 4.98 Å². The van der Waals surface area contributed by atoms with Crippen LogP contribution in [-0.2, 0) is 19.1 Å². The molecule has 9 heteroatoms. The van der Waals surface area contributed by atoms with Crippen LogP contribution in [-0.4, -0.2) is 31.1 Å². The Balaban J connectivity index is 2.13. The molecule has 4 rings (SSSR count). The Morgan fingerprint density at radius 2 is 1.69 bits per heavy atom. The second-order valence-electron chi connectivity index (χ2n) is 7.48. The summed E-state index contributed by atoms with van der Waals surface area (Å²) in [5.41, 5.74) is 7.59. The molecule has 1 aromatic heterocycles. The summed E-state index contributed by atoms with van der Waals surface area (Å²) in [7, 11) is 2.34. The van der Waals surface area contributed by atoms with E-state index in [1.54, 1.807) is 60.8 Å². The maximum absolute atomic E-state index is 13.2. The summed E-state index contributed by atoms with van der Waals surface area (Å²) in [5, 5.41) is 20.7. The van der Waals surface area contributed by atoms with Crippen LogP contribution >= 0.6 is 0 Å². The lowest BCUT2D eigenvalue weighted by molar-refractivity contribution is -0.139. The van der Waals surface area contributed by atoms with Gasteiger partial charge in [-0.25, -0.2) is 9.59 Å². The van der Waals surface area contributed by atoms with E-state index in [9.17, 15) is 20.1 Å². The summed E-state index contributed by atoms with van der Waals surface area (Å²) < 4.78 is 10.1. The van der Waals surface area contributed by atoms with Crippen molar-refractivity contribution >= 4 is 28.5 Å². The van der Waals surface area contributed by atoms with Gasteiger partial charge in [-0.05, 0) is 29.8 Å². The Hall–Kier alpha value is -5.15. The zero-order valence-corrected chi connectivity index (χ0v) is 18.9. The van der Waals surface area contributed by atoms with Gasteiger partial charge in [-0.1, -0.05) is 30.3 Å². The highest BCUT2D eigenvalue weighted by atomic mass is 16.5. The number of pyridine rings is 1. The Bertz CT molecular complexity index is 1500. The highest BCUT2D eigenvalue weighted by Crippen LogP contribution is 2.44. The molecule has 172 valence electrons. The van der Waals surface area contributed by atoms with E-state index in [0.29, 0.717) is 16.5 Å². The van der Waals surface area contributed by atoms with E-state index in [0.717, 1.165) is 7.11 Å². The smallest absolute Gasteiger partial charge is 0.355 e. The van der Waals surface area contributed by atoms with Gasteiger partial charge in [-0.3, -0.25) is 9.88 Å². The molecule has 0 saturated heterocycles. The van der Waals surface area contributed by atoms with Crippen LogP contribution in [0.2, 0.25) is 0 Å². The van der Waals surface area contributed by atoms with Gasteiger partial charge in [0, 0.05) is 11.6 Å². The van der Waals surface area contributed by atoms with Gasteiger partial charge in [0.2, 0.25) is 0 Å². The van der Waals surface area contributed by atoms with E-state index in [1.165, 1.54) is 12.0 Å². The molecule has 0 radical (unpaired) electrons. The van der Waals surface area contributed by atoms with E-state index < -0.39 is 17.9 Å². The average Bonchev–Trinajstić information content (AvgIpc) is 2.91. The highest BCUT2D eigenvalue weighted by Gasteiger charge is 2.43. The number of anilines is 1. The number of methoxy groups -OCH3 is 2. The number of nitriles is 2. The van der Waals surface area contributed by atoms with Gasteiger partial charge in [-0.2, -0.15) is 10.5 Å². The number of carbonyl (C=O) groups excluding carboxylic acids is 2. The number of ether oxygens (including phenoxy) is 2. The van der Waals surface area contributed by atoms with Crippen LogP contribution < -0.4 is 10.6 Å². The van der Waals surface area contributed by atoms with Crippen molar-refractivity contribution in [2.24, 2.45) is 5.73 Å². The maximum atomic E-state index is 13.2. The molecular weight excluding hydrogens is 446 g/mol. The van der Waals surface area contributed by atoms with Gasteiger partial charge < -0.3 is 15.2 Å². The number of hydrogen-bond acceptors (Lipinski definition) is 9. The first-order valence-electron chi connectivity index (χ1n) is 10.4. The number of nitrogens with zero attached hydrogens (tertiary/aromatic N) is 4. The Morgan fingerprint density at radius 3 is 2.31 bits per heavy atom. The van der Waals surface area contributed by atoms with Crippen LogP contribution in [0.25, 0.3) is 10.9 Å². The summed E-state index contributed by atoms with van der Waals surface area (Å²) in [5.74, 6) is -2.84. The third kappa shape index (κ3) is 3.71. The first-order chi connectivity index (χ1) is 17.0. The van der Waals surface area contributed by atoms with Crippen molar-refractivity contribution in [3.63, 3.8) is 0 Å². The lowest BCUT2D eigenvalue weighted by Gasteiger charge is -2.36. The minimum Gasteiger partial charge on any atom is -0.466 e. The monoisotopic (exact) mass is 465 g/mol. The lowest BCUT2D eigenvalue weighted by Crippen LogP contribution is -2.41. The molecule has 1 atom stereocenters. The van der Waals surface area contributed by atoms with Gasteiger partial charge in [0.05, 0.1) is 54.1 Å². The summed E-state index contributed by atoms with van der Waals surface area (Å²) in [6.07, 6.45) is 1.59. The molecule has 35 heavy (non-hydrogen) atoms. The molecule has 0 fully saturated rings. The number of benzene rings is 2. The van der Waals surface area contributed by atoms with Crippen molar-refractivity contribution in [3.8, 4) is 12.1 Å². The predicted molar refractivity (Wildman–Crippen MR) is 126 cm³/mol.